The molecule has 0 aliphatic carbocycles. The largest absolute Gasteiger partial charge is 0.370 e. The zero-order valence-electron chi connectivity index (χ0n) is 15.5. The van der Waals surface area contributed by atoms with Crippen molar-refractivity contribution in [3.05, 3.63) is 52.6 Å². The van der Waals surface area contributed by atoms with E-state index in [9.17, 15) is 4.79 Å². The first kappa shape index (κ1) is 20.3. The van der Waals surface area contributed by atoms with Crippen LogP contribution in [0, 0.1) is 0 Å². The number of nitrogens with zero attached hydrogens (tertiary/aromatic N) is 3. The highest BCUT2D eigenvalue weighted by Gasteiger charge is 2.08. The Labute approximate surface area is 170 Å². The van der Waals surface area contributed by atoms with Crippen LogP contribution in [-0.4, -0.2) is 39.8 Å². The van der Waals surface area contributed by atoms with Crippen molar-refractivity contribution in [3.8, 4) is 5.69 Å². The quantitative estimate of drug-likeness (QED) is 0.181. The highest BCUT2D eigenvalue weighted by atomic mass is 33.1. The number of H-pyrrole nitrogens is 1. The maximum atomic E-state index is 12.4. The molecule has 0 fully saturated rings. The molecule has 148 valence electrons. The molecule has 3 rings (SSSR count). The number of aliphatic imine (C=N–C) groups is 1. The lowest BCUT2D eigenvalue weighted by molar-refractivity contribution is 0.655. The van der Waals surface area contributed by atoms with Gasteiger partial charge >= 0.3 is 5.69 Å². The second-order valence-electron chi connectivity index (χ2n) is 6.08. The molecule has 6 N–H and O–H groups in total. The molecule has 3 aromatic rings. The smallest absolute Gasteiger partial charge is 0.354 e. The minimum absolute atomic E-state index is 0.123. The highest BCUT2D eigenvalue weighted by Crippen LogP contribution is 2.29. The number of benzene rings is 1. The number of nitrogens with one attached hydrogen (secondary N) is 2. The summed E-state index contributed by atoms with van der Waals surface area (Å²) < 4.78 is 1.57. The van der Waals surface area contributed by atoms with Crippen LogP contribution >= 0.6 is 21.6 Å². The number of fused-ring (bicyclic) bond motifs is 1. The number of aromatic nitrogens is 3. The number of hydrogen-bond donors (Lipinski definition) is 4. The Balaban J connectivity index is 1.65. The molecule has 0 aliphatic heterocycles. The van der Waals surface area contributed by atoms with Crippen LogP contribution in [0.5, 0.6) is 0 Å². The summed E-state index contributed by atoms with van der Waals surface area (Å²) in [6.07, 6.45) is 4.69. The first-order chi connectivity index (χ1) is 13.6. The van der Waals surface area contributed by atoms with E-state index in [2.05, 4.69) is 20.3 Å². The topological polar surface area (TPSA) is 127 Å². The summed E-state index contributed by atoms with van der Waals surface area (Å²) >= 11 is 0. The van der Waals surface area contributed by atoms with Gasteiger partial charge in [0.15, 0.2) is 5.96 Å². The van der Waals surface area contributed by atoms with Gasteiger partial charge in [-0.25, -0.2) is 4.79 Å². The van der Waals surface area contributed by atoms with Crippen LogP contribution in [0.3, 0.4) is 0 Å². The molecule has 28 heavy (non-hydrogen) atoms. The van der Waals surface area contributed by atoms with E-state index in [0.717, 1.165) is 41.2 Å². The lowest BCUT2D eigenvalue weighted by Crippen LogP contribution is -2.23. The van der Waals surface area contributed by atoms with Crippen molar-refractivity contribution in [1.29, 1.82) is 0 Å². The Bertz CT molecular complexity index is 1010. The molecule has 0 atom stereocenters. The normalized spacial score (nSPS) is 11.0. The average molecular weight is 418 g/mol. The lowest BCUT2D eigenvalue weighted by atomic mass is 10.2. The lowest BCUT2D eigenvalue weighted by Gasteiger charge is -2.08. The van der Waals surface area contributed by atoms with Gasteiger partial charge in [0.05, 0.1) is 10.7 Å². The van der Waals surface area contributed by atoms with E-state index < -0.39 is 0 Å². The fraction of sp³-hybridized carbons (Fsp3) is 0.278. The third-order valence-corrected chi connectivity index (χ3v) is 5.61. The summed E-state index contributed by atoms with van der Waals surface area (Å²) in [5.74, 6) is 0.123. The summed E-state index contributed by atoms with van der Waals surface area (Å²) in [5, 5.41) is 5.23. The van der Waals surface area contributed by atoms with Crippen LogP contribution in [0.2, 0.25) is 0 Å². The van der Waals surface area contributed by atoms with E-state index in [-0.39, 0.29) is 11.6 Å². The second kappa shape index (κ2) is 9.67. The van der Waals surface area contributed by atoms with Gasteiger partial charge in [0, 0.05) is 24.7 Å². The van der Waals surface area contributed by atoms with E-state index >= 15 is 0 Å². The number of nitrogens with two attached hydrogens (primary N) is 2. The molecule has 0 saturated heterocycles. The number of guanidine groups is 1. The molecular weight excluding hydrogens is 394 g/mol. The van der Waals surface area contributed by atoms with E-state index in [1.54, 1.807) is 26.2 Å². The van der Waals surface area contributed by atoms with Gasteiger partial charge in [-0.1, -0.05) is 22.9 Å². The van der Waals surface area contributed by atoms with Gasteiger partial charge in [0.25, 0.3) is 0 Å². The third kappa shape index (κ3) is 5.31. The number of rotatable bonds is 9. The van der Waals surface area contributed by atoms with Gasteiger partial charge in [-0.2, -0.15) is 4.98 Å². The SMILES string of the molecule is CSSc1cc2cn(-c3ccc(CNCCCN=C(N)N)cc3)c(=O)nc2[nH]1. The fourth-order valence-corrected chi connectivity index (χ4v) is 4.01. The maximum absolute atomic E-state index is 12.4. The zero-order valence-corrected chi connectivity index (χ0v) is 17.1. The molecule has 1 aromatic carbocycles. The van der Waals surface area contributed by atoms with E-state index in [1.807, 2.05) is 42.8 Å². The Hall–Kier alpha value is -2.43. The van der Waals surface area contributed by atoms with Gasteiger partial charge in [0.2, 0.25) is 0 Å². The minimum atomic E-state index is -0.305. The van der Waals surface area contributed by atoms with Crippen molar-refractivity contribution in [2.24, 2.45) is 16.5 Å². The standard InChI is InChI=1S/C18H23N7OS2/c1-27-28-15-9-13-11-25(18(26)24-16(13)23-15)14-5-3-12(4-6-14)10-21-7-2-8-22-17(19)20/h3-6,9,11,21H,2,7-8,10H2,1H3,(H4,19,20,22)(H,23,24,26). The molecule has 0 aliphatic rings. The summed E-state index contributed by atoms with van der Waals surface area (Å²) in [6.45, 7) is 2.17. The first-order valence-electron chi connectivity index (χ1n) is 8.75. The monoisotopic (exact) mass is 417 g/mol. The minimum Gasteiger partial charge on any atom is -0.370 e. The second-order valence-corrected chi connectivity index (χ2v) is 8.52. The van der Waals surface area contributed by atoms with E-state index in [0.29, 0.717) is 12.2 Å². The van der Waals surface area contributed by atoms with Crippen molar-refractivity contribution in [3.63, 3.8) is 0 Å². The van der Waals surface area contributed by atoms with Crippen LogP contribution < -0.4 is 22.5 Å². The van der Waals surface area contributed by atoms with Crippen LogP contribution in [0.25, 0.3) is 16.7 Å². The van der Waals surface area contributed by atoms with Crippen molar-refractivity contribution in [2.45, 2.75) is 18.0 Å². The molecule has 0 spiro atoms. The third-order valence-electron chi connectivity index (χ3n) is 4.01. The number of hydrogen-bond acceptors (Lipinski definition) is 6. The Kier molecular flexibility index (Phi) is 7.01. The van der Waals surface area contributed by atoms with Gasteiger partial charge in [-0.05, 0) is 53.8 Å². The molecule has 2 aromatic heterocycles. The summed E-state index contributed by atoms with van der Waals surface area (Å²) in [7, 11) is 3.25. The maximum Gasteiger partial charge on any atom is 0.354 e. The van der Waals surface area contributed by atoms with Gasteiger partial charge in [-0.15, -0.1) is 0 Å². The van der Waals surface area contributed by atoms with Crippen molar-refractivity contribution in [1.82, 2.24) is 19.9 Å². The average Bonchev–Trinajstić information content (AvgIpc) is 3.05. The molecule has 2 heterocycles. The summed E-state index contributed by atoms with van der Waals surface area (Å²) in [4.78, 5) is 23.6. The van der Waals surface area contributed by atoms with Crippen molar-refractivity contribution in [2.75, 3.05) is 19.3 Å². The van der Waals surface area contributed by atoms with Gasteiger partial charge in [-0.3, -0.25) is 9.56 Å². The van der Waals surface area contributed by atoms with Crippen LogP contribution in [0.4, 0.5) is 0 Å². The predicted octanol–water partition coefficient (Wildman–Crippen LogP) is 1.84. The van der Waals surface area contributed by atoms with Crippen LogP contribution in [-0.2, 0) is 6.54 Å². The summed E-state index contributed by atoms with van der Waals surface area (Å²) in [6, 6.07) is 9.85. The molecule has 0 bridgehead atoms. The Morgan fingerprint density at radius 1 is 1.32 bits per heavy atom. The van der Waals surface area contributed by atoms with Crippen LogP contribution in [0.15, 0.2) is 51.3 Å². The molecule has 10 heteroatoms. The number of aromatic amines is 1. The molecule has 8 nitrogen and oxygen atoms in total. The molecule has 0 amide bonds. The fourth-order valence-electron chi connectivity index (χ4n) is 2.71. The molecule has 0 radical (unpaired) electrons. The van der Waals surface area contributed by atoms with E-state index in [4.69, 9.17) is 11.5 Å². The summed E-state index contributed by atoms with van der Waals surface area (Å²) in [5.41, 5.74) is 12.8. The Morgan fingerprint density at radius 2 is 2.11 bits per heavy atom. The van der Waals surface area contributed by atoms with E-state index in [1.165, 1.54) is 0 Å². The van der Waals surface area contributed by atoms with Crippen molar-refractivity contribution >= 4 is 38.6 Å². The highest BCUT2D eigenvalue weighted by molar-refractivity contribution is 8.76. The van der Waals surface area contributed by atoms with Gasteiger partial charge < -0.3 is 21.8 Å². The van der Waals surface area contributed by atoms with Gasteiger partial charge in [0.1, 0.15) is 5.65 Å². The molecule has 0 saturated carbocycles. The zero-order chi connectivity index (χ0) is 19.9. The first-order valence-corrected chi connectivity index (χ1v) is 11.3. The molecular formula is C18H23N7OS2. The van der Waals surface area contributed by atoms with Crippen molar-refractivity contribution < 1.29 is 0 Å². The predicted molar refractivity (Wildman–Crippen MR) is 118 cm³/mol. The van der Waals surface area contributed by atoms with Crippen LogP contribution in [0.1, 0.15) is 12.0 Å². The molecule has 0 unspecified atom stereocenters. The Morgan fingerprint density at radius 3 is 2.82 bits per heavy atom.